The third-order valence-corrected chi connectivity index (χ3v) is 4.44. The van der Waals surface area contributed by atoms with Crippen molar-refractivity contribution < 1.29 is 14.8 Å². The lowest BCUT2D eigenvalue weighted by Crippen LogP contribution is -2.10. The first-order chi connectivity index (χ1) is 9.95. The van der Waals surface area contributed by atoms with Crippen LogP contribution in [0.2, 0.25) is 0 Å². The van der Waals surface area contributed by atoms with Gasteiger partial charge in [-0.15, -0.1) is 11.3 Å². The molecule has 0 fully saturated rings. The Morgan fingerprint density at radius 2 is 2.10 bits per heavy atom. The van der Waals surface area contributed by atoms with E-state index in [0.29, 0.717) is 15.6 Å². The highest BCUT2D eigenvalue weighted by Gasteiger charge is 2.25. The Kier molecular flexibility index (Phi) is 4.44. The minimum absolute atomic E-state index is 0.0238. The fraction of sp³-hybridized carbons (Fsp3) is 0.286. The maximum absolute atomic E-state index is 11.2. The van der Waals surface area contributed by atoms with Gasteiger partial charge in [0.2, 0.25) is 0 Å². The van der Waals surface area contributed by atoms with Gasteiger partial charge in [-0.2, -0.15) is 0 Å². The molecule has 7 heteroatoms. The summed E-state index contributed by atoms with van der Waals surface area (Å²) in [6, 6.07) is 8.70. The fourth-order valence-electron chi connectivity index (χ4n) is 1.98. The standard InChI is InChI=1S/C14H16N2O4S/c1-9(17)13-8-11(16(18)19)14(21-13)15(2)10-6-4-5-7-12(10)20-3/h4-9,17H,1-3H3. The number of methoxy groups -OCH3 is 1. The lowest BCUT2D eigenvalue weighted by molar-refractivity contribution is -0.383. The van der Waals surface area contributed by atoms with Crippen molar-refractivity contribution in [2.45, 2.75) is 13.0 Å². The number of aliphatic hydroxyl groups excluding tert-OH is 1. The van der Waals surface area contributed by atoms with Gasteiger partial charge in [0.1, 0.15) is 5.75 Å². The number of nitro groups is 1. The molecule has 0 saturated heterocycles. The molecule has 1 heterocycles. The molecule has 0 spiro atoms. The van der Waals surface area contributed by atoms with Crippen LogP contribution in [0.3, 0.4) is 0 Å². The summed E-state index contributed by atoms with van der Waals surface area (Å²) >= 11 is 1.20. The Labute approximate surface area is 126 Å². The summed E-state index contributed by atoms with van der Waals surface area (Å²) in [6.45, 7) is 1.59. The normalized spacial score (nSPS) is 12.0. The molecule has 0 saturated carbocycles. The molecule has 0 bridgehead atoms. The van der Waals surface area contributed by atoms with Crippen molar-refractivity contribution in [3.05, 3.63) is 45.3 Å². The first kappa shape index (κ1) is 15.3. The van der Waals surface area contributed by atoms with Crippen molar-refractivity contribution in [2.24, 2.45) is 0 Å². The van der Waals surface area contributed by atoms with Crippen LogP contribution in [-0.2, 0) is 0 Å². The van der Waals surface area contributed by atoms with Crippen LogP contribution in [-0.4, -0.2) is 24.2 Å². The average Bonchev–Trinajstić information content (AvgIpc) is 2.92. The van der Waals surface area contributed by atoms with E-state index in [4.69, 9.17) is 4.74 Å². The Hall–Kier alpha value is -2.12. The van der Waals surface area contributed by atoms with Gasteiger partial charge in [0.05, 0.1) is 23.8 Å². The Bertz CT molecular complexity index is 654. The van der Waals surface area contributed by atoms with Crippen molar-refractivity contribution in [1.82, 2.24) is 0 Å². The number of benzene rings is 1. The van der Waals surface area contributed by atoms with Gasteiger partial charge in [-0.05, 0) is 19.1 Å². The molecular weight excluding hydrogens is 292 g/mol. The van der Waals surface area contributed by atoms with E-state index in [2.05, 4.69) is 0 Å². The monoisotopic (exact) mass is 308 g/mol. The fourth-order valence-corrected chi connectivity index (χ4v) is 3.02. The molecule has 0 aliphatic heterocycles. The molecule has 0 aliphatic carbocycles. The smallest absolute Gasteiger partial charge is 0.304 e. The molecule has 1 aromatic carbocycles. The molecule has 1 atom stereocenters. The third-order valence-electron chi connectivity index (χ3n) is 3.07. The van der Waals surface area contributed by atoms with Crippen molar-refractivity contribution in [3.8, 4) is 5.75 Å². The van der Waals surface area contributed by atoms with E-state index in [0.717, 1.165) is 5.69 Å². The number of ether oxygens (including phenoxy) is 1. The first-order valence-electron chi connectivity index (χ1n) is 6.28. The van der Waals surface area contributed by atoms with Crippen molar-refractivity contribution >= 4 is 27.7 Å². The number of nitrogens with zero attached hydrogens (tertiary/aromatic N) is 2. The number of hydrogen-bond donors (Lipinski definition) is 1. The van der Waals surface area contributed by atoms with E-state index < -0.39 is 11.0 Å². The first-order valence-corrected chi connectivity index (χ1v) is 7.10. The third kappa shape index (κ3) is 2.98. The van der Waals surface area contributed by atoms with Crippen LogP contribution in [0.4, 0.5) is 16.4 Å². The molecule has 0 aliphatic rings. The molecule has 1 unspecified atom stereocenters. The van der Waals surface area contributed by atoms with Crippen LogP contribution in [0, 0.1) is 10.1 Å². The number of rotatable bonds is 5. The summed E-state index contributed by atoms with van der Waals surface area (Å²) in [5.74, 6) is 0.626. The van der Waals surface area contributed by atoms with E-state index in [1.165, 1.54) is 17.4 Å². The molecule has 6 nitrogen and oxygen atoms in total. The van der Waals surface area contributed by atoms with E-state index >= 15 is 0 Å². The van der Waals surface area contributed by atoms with Gasteiger partial charge >= 0.3 is 5.69 Å². The number of thiophene rings is 1. The molecule has 112 valence electrons. The van der Waals surface area contributed by atoms with Crippen molar-refractivity contribution in [2.75, 3.05) is 19.1 Å². The highest BCUT2D eigenvalue weighted by molar-refractivity contribution is 7.16. The Balaban J connectivity index is 2.52. The lowest BCUT2D eigenvalue weighted by atomic mass is 10.2. The molecule has 2 aromatic rings. The zero-order valence-corrected chi connectivity index (χ0v) is 12.8. The molecule has 0 radical (unpaired) electrons. The molecule has 1 N–H and O–H groups in total. The summed E-state index contributed by atoms with van der Waals surface area (Å²) in [7, 11) is 3.29. The van der Waals surface area contributed by atoms with E-state index in [1.807, 2.05) is 18.2 Å². The van der Waals surface area contributed by atoms with Crippen LogP contribution >= 0.6 is 11.3 Å². The number of para-hydroxylation sites is 2. The van der Waals surface area contributed by atoms with Gasteiger partial charge in [0.25, 0.3) is 0 Å². The van der Waals surface area contributed by atoms with E-state index in [9.17, 15) is 15.2 Å². The summed E-state index contributed by atoms with van der Waals surface area (Å²) in [5, 5.41) is 21.3. The van der Waals surface area contributed by atoms with Crippen LogP contribution in [0.1, 0.15) is 17.9 Å². The molecular formula is C14H16N2O4S. The number of anilines is 2. The summed E-state index contributed by atoms with van der Waals surface area (Å²) in [4.78, 5) is 13.0. The van der Waals surface area contributed by atoms with Crippen LogP contribution in [0.25, 0.3) is 0 Å². The average molecular weight is 308 g/mol. The van der Waals surface area contributed by atoms with E-state index in [1.54, 1.807) is 32.0 Å². The zero-order chi connectivity index (χ0) is 15.6. The Morgan fingerprint density at radius 3 is 2.67 bits per heavy atom. The molecule has 0 amide bonds. The van der Waals surface area contributed by atoms with Crippen LogP contribution < -0.4 is 9.64 Å². The second-order valence-electron chi connectivity index (χ2n) is 4.50. The highest BCUT2D eigenvalue weighted by atomic mass is 32.1. The molecule has 1 aromatic heterocycles. The predicted molar refractivity (Wildman–Crippen MR) is 82.7 cm³/mol. The van der Waals surface area contributed by atoms with Crippen molar-refractivity contribution in [1.29, 1.82) is 0 Å². The summed E-state index contributed by atoms with van der Waals surface area (Å²) in [5.41, 5.74) is 0.700. The second kappa shape index (κ2) is 6.11. The second-order valence-corrected chi connectivity index (χ2v) is 5.57. The van der Waals surface area contributed by atoms with Gasteiger partial charge in [-0.1, -0.05) is 12.1 Å². The largest absolute Gasteiger partial charge is 0.495 e. The lowest BCUT2D eigenvalue weighted by Gasteiger charge is -2.19. The topological polar surface area (TPSA) is 75.8 Å². The van der Waals surface area contributed by atoms with Gasteiger partial charge < -0.3 is 14.7 Å². The maximum atomic E-state index is 11.2. The number of hydrogen-bond acceptors (Lipinski definition) is 6. The number of aliphatic hydroxyl groups is 1. The SMILES string of the molecule is COc1ccccc1N(C)c1sc(C(C)O)cc1[N+](=O)[O-]. The van der Waals surface area contributed by atoms with Gasteiger partial charge in [0, 0.05) is 18.0 Å². The van der Waals surface area contributed by atoms with Crippen LogP contribution in [0.15, 0.2) is 30.3 Å². The molecule has 2 rings (SSSR count). The minimum atomic E-state index is -0.742. The van der Waals surface area contributed by atoms with Crippen LogP contribution in [0.5, 0.6) is 5.75 Å². The van der Waals surface area contributed by atoms with Gasteiger partial charge in [0.15, 0.2) is 5.00 Å². The predicted octanol–water partition coefficient (Wildman–Crippen LogP) is 3.49. The maximum Gasteiger partial charge on any atom is 0.304 e. The molecule has 21 heavy (non-hydrogen) atoms. The van der Waals surface area contributed by atoms with Crippen molar-refractivity contribution in [3.63, 3.8) is 0 Å². The van der Waals surface area contributed by atoms with Gasteiger partial charge in [-0.3, -0.25) is 10.1 Å². The zero-order valence-electron chi connectivity index (χ0n) is 11.9. The Morgan fingerprint density at radius 1 is 1.43 bits per heavy atom. The minimum Gasteiger partial charge on any atom is -0.495 e. The highest BCUT2D eigenvalue weighted by Crippen LogP contribution is 2.44. The quantitative estimate of drug-likeness (QED) is 0.676. The van der Waals surface area contributed by atoms with E-state index in [-0.39, 0.29) is 5.69 Å². The van der Waals surface area contributed by atoms with Gasteiger partial charge in [-0.25, -0.2) is 0 Å². The summed E-state index contributed by atoms with van der Waals surface area (Å²) in [6.07, 6.45) is -0.742. The summed E-state index contributed by atoms with van der Waals surface area (Å²) < 4.78 is 5.29.